The van der Waals surface area contributed by atoms with Crippen molar-refractivity contribution in [2.45, 2.75) is 6.54 Å². The van der Waals surface area contributed by atoms with Crippen LogP contribution in [0.2, 0.25) is 0 Å². The van der Waals surface area contributed by atoms with Gasteiger partial charge in [-0.1, -0.05) is 55.3 Å². The third kappa shape index (κ3) is 3.16. The van der Waals surface area contributed by atoms with Crippen LogP contribution in [0.5, 0.6) is 0 Å². The van der Waals surface area contributed by atoms with Crippen molar-refractivity contribution in [3.8, 4) is 0 Å². The minimum absolute atomic E-state index is 0.778. The first-order valence-electron chi connectivity index (χ1n) is 5.75. The molecular formula is C14H10Br2N2S. The number of halogens is 2. The van der Waals surface area contributed by atoms with Gasteiger partial charge in [0, 0.05) is 15.5 Å². The third-order valence-electron chi connectivity index (χ3n) is 2.68. The van der Waals surface area contributed by atoms with Crippen LogP contribution in [0.15, 0.2) is 51.4 Å². The highest BCUT2D eigenvalue weighted by atomic mass is 79.9. The number of aromatic nitrogens is 1. The number of fused-ring (bicyclic) bond motifs is 1. The summed E-state index contributed by atoms with van der Waals surface area (Å²) in [6.07, 6.45) is 0. The van der Waals surface area contributed by atoms with Crippen molar-refractivity contribution in [1.82, 2.24) is 4.98 Å². The van der Waals surface area contributed by atoms with Gasteiger partial charge in [0.25, 0.3) is 0 Å². The van der Waals surface area contributed by atoms with Crippen molar-refractivity contribution < 1.29 is 0 Å². The van der Waals surface area contributed by atoms with Crippen molar-refractivity contribution in [1.29, 1.82) is 0 Å². The molecule has 0 aliphatic carbocycles. The number of nitrogens with zero attached hydrogens (tertiary/aromatic N) is 1. The van der Waals surface area contributed by atoms with Gasteiger partial charge in [0.1, 0.15) is 0 Å². The predicted octanol–water partition coefficient (Wildman–Crippen LogP) is 5.43. The Morgan fingerprint density at radius 3 is 2.74 bits per heavy atom. The molecule has 0 atom stereocenters. The van der Waals surface area contributed by atoms with E-state index in [1.54, 1.807) is 11.3 Å². The molecule has 0 radical (unpaired) electrons. The van der Waals surface area contributed by atoms with Crippen LogP contribution >= 0.6 is 43.2 Å². The molecule has 3 aromatic rings. The molecule has 0 amide bonds. The summed E-state index contributed by atoms with van der Waals surface area (Å²) in [7, 11) is 0. The van der Waals surface area contributed by atoms with Gasteiger partial charge in [-0.15, -0.1) is 0 Å². The normalized spacial score (nSPS) is 10.8. The monoisotopic (exact) mass is 396 g/mol. The minimum atomic E-state index is 0.778. The van der Waals surface area contributed by atoms with Crippen LogP contribution in [0.1, 0.15) is 5.56 Å². The maximum Gasteiger partial charge on any atom is 0.184 e. The Balaban J connectivity index is 1.78. The Labute approximate surface area is 132 Å². The van der Waals surface area contributed by atoms with Crippen molar-refractivity contribution in [3.63, 3.8) is 0 Å². The average Bonchev–Trinajstić information content (AvgIpc) is 2.78. The third-order valence-corrected chi connectivity index (χ3v) is 4.65. The first-order chi connectivity index (χ1) is 9.20. The molecule has 0 aliphatic rings. The molecule has 1 N–H and O–H groups in total. The number of hydrogen-bond donors (Lipinski definition) is 1. The lowest BCUT2D eigenvalue weighted by molar-refractivity contribution is 1.14. The molecular weight excluding hydrogens is 388 g/mol. The highest BCUT2D eigenvalue weighted by Crippen LogP contribution is 2.28. The lowest BCUT2D eigenvalue weighted by atomic mass is 10.2. The molecule has 96 valence electrons. The van der Waals surface area contributed by atoms with E-state index in [9.17, 15) is 0 Å². The maximum absolute atomic E-state index is 4.57. The van der Waals surface area contributed by atoms with E-state index in [0.717, 1.165) is 26.1 Å². The van der Waals surface area contributed by atoms with E-state index in [-0.39, 0.29) is 0 Å². The van der Waals surface area contributed by atoms with Crippen molar-refractivity contribution in [2.75, 3.05) is 5.32 Å². The zero-order valence-electron chi connectivity index (χ0n) is 9.86. The van der Waals surface area contributed by atoms with Crippen LogP contribution in [-0.4, -0.2) is 4.98 Å². The van der Waals surface area contributed by atoms with Crippen LogP contribution in [0, 0.1) is 0 Å². The van der Waals surface area contributed by atoms with Crippen LogP contribution in [0.4, 0.5) is 5.13 Å². The Bertz CT molecular complexity index is 724. The van der Waals surface area contributed by atoms with Gasteiger partial charge < -0.3 is 5.32 Å². The Hall–Kier alpha value is -0.910. The van der Waals surface area contributed by atoms with Crippen LogP contribution in [0.25, 0.3) is 10.2 Å². The highest BCUT2D eigenvalue weighted by molar-refractivity contribution is 9.10. The van der Waals surface area contributed by atoms with E-state index in [1.165, 1.54) is 10.3 Å². The van der Waals surface area contributed by atoms with E-state index in [1.807, 2.05) is 24.3 Å². The fraction of sp³-hybridized carbons (Fsp3) is 0.0714. The van der Waals surface area contributed by atoms with Crippen molar-refractivity contribution in [3.05, 3.63) is 57.0 Å². The van der Waals surface area contributed by atoms with Crippen molar-refractivity contribution >= 4 is 58.5 Å². The van der Waals surface area contributed by atoms with Crippen LogP contribution in [0.3, 0.4) is 0 Å². The molecule has 0 bridgehead atoms. The topological polar surface area (TPSA) is 24.9 Å². The van der Waals surface area contributed by atoms with Gasteiger partial charge in [-0.25, -0.2) is 4.98 Å². The molecule has 19 heavy (non-hydrogen) atoms. The summed E-state index contributed by atoms with van der Waals surface area (Å²) in [5.41, 5.74) is 2.26. The Kier molecular flexibility index (Phi) is 3.86. The summed E-state index contributed by atoms with van der Waals surface area (Å²) in [6, 6.07) is 14.4. The largest absolute Gasteiger partial charge is 0.357 e. The van der Waals surface area contributed by atoms with Gasteiger partial charge in [-0.05, 0) is 35.9 Å². The van der Waals surface area contributed by atoms with E-state index in [4.69, 9.17) is 0 Å². The second-order valence-electron chi connectivity index (χ2n) is 4.11. The molecule has 0 saturated carbocycles. The summed E-state index contributed by atoms with van der Waals surface area (Å²) < 4.78 is 3.37. The van der Waals surface area contributed by atoms with E-state index in [2.05, 4.69) is 60.4 Å². The van der Waals surface area contributed by atoms with Crippen LogP contribution in [-0.2, 0) is 6.54 Å². The molecule has 1 heterocycles. The molecule has 2 aromatic carbocycles. The van der Waals surface area contributed by atoms with Gasteiger partial charge in [0.15, 0.2) is 5.13 Å². The van der Waals surface area contributed by atoms with E-state index in [0.29, 0.717) is 0 Å². The number of benzene rings is 2. The molecule has 0 spiro atoms. The zero-order chi connectivity index (χ0) is 13.2. The Morgan fingerprint density at radius 2 is 1.89 bits per heavy atom. The number of hydrogen-bond acceptors (Lipinski definition) is 3. The van der Waals surface area contributed by atoms with E-state index >= 15 is 0 Å². The van der Waals surface area contributed by atoms with Crippen LogP contribution < -0.4 is 5.32 Å². The lowest BCUT2D eigenvalue weighted by Crippen LogP contribution is -1.98. The number of anilines is 1. The summed E-state index contributed by atoms with van der Waals surface area (Å²) in [5.74, 6) is 0. The maximum atomic E-state index is 4.57. The predicted molar refractivity (Wildman–Crippen MR) is 88.8 cm³/mol. The van der Waals surface area contributed by atoms with Gasteiger partial charge in [0.2, 0.25) is 0 Å². The molecule has 0 saturated heterocycles. The number of rotatable bonds is 3. The van der Waals surface area contributed by atoms with E-state index < -0.39 is 0 Å². The fourth-order valence-electron chi connectivity index (χ4n) is 1.80. The first-order valence-corrected chi connectivity index (χ1v) is 8.15. The average molecular weight is 398 g/mol. The fourth-order valence-corrected chi connectivity index (χ4v) is 3.66. The van der Waals surface area contributed by atoms with Gasteiger partial charge in [-0.3, -0.25) is 0 Å². The molecule has 2 nitrogen and oxygen atoms in total. The van der Waals surface area contributed by atoms with Gasteiger partial charge in [0.05, 0.1) is 10.2 Å². The number of thiazole rings is 1. The second-order valence-corrected chi connectivity index (χ2v) is 6.98. The molecule has 0 fully saturated rings. The minimum Gasteiger partial charge on any atom is -0.357 e. The quantitative estimate of drug-likeness (QED) is 0.636. The first kappa shape index (κ1) is 13.1. The highest BCUT2D eigenvalue weighted by Gasteiger charge is 2.04. The lowest BCUT2D eigenvalue weighted by Gasteiger charge is -2.02. The molecule has 5 heteroatoms. The molecule has 1 aromatic heterocycles. The van der Waals surface area contributed by atoms with Gasteiger partial charge in [-0.2, -0.15) is 0 Å². The molecule has 0 aliphatic heterocycles. The zero-order valence-corrected chi connectivity index (χ0v) is 13.8. The summed E-state index contributed by atoms with van der Waals surface area (Å²) in [5, 5.41) is 4.32. The standard InChI is InChI=1S/C14H10Br2N2S/c15-10-3-1-2-9(6-10)8-17-14-18-12-5-4-11(16)7-13(12)19-14/h1-7H,8H2,(H,17,18). The second kappa shape index (κ2) is 5.61. The summed E-state index contributed by atoms with van der Waals surface area (Å²) in [6.45, 7) is 0.778. The molecule has 3 rings (SSSR count). The smallest absolute Gasteiger partial charge is 0.184 e. The summed E-state index contributed by atoms with van der Waals surface area (Å²) in [4.78, 5) is 4.57. The summed E-state index contributed by atoms with van der Waals surface area (Å²) >= 11 is 8.63. The number of nitrogens with one attached hydrogen (secondary N) is 1. The molecule has 0 unspecified atom stereocenters. The SMILES string of the molecule is Brc1cccc(CNc2nc3ccc(Br)cc3s2)c1. The Morgan fingerprint density at radius 1 is 1.05 bits per heavy atom. The van der Waals surface area contributed by atoms with Gasteiger partial charge >= 0.3 is 0 Å². The van der Waals surface area contributed by atoms with Crippen molar-refractivity contribution in [2.24, 2.45) is 0 Å².